The summed E-state index contributed by atoms with van der Waals surface area (Å²) in [6.07, 6.45) is 0. The van der Waals surface area contributed by atoms with E-state index in [1.807, 2.05) is 32.0 Å². The third kappa shape index (κ3) is 1.88. The van der Waals surface area contributed by atoms with E-state index in [0.717, 1.165) is 17.0 Å². The maximum absolute atomic E-state index is 8.95. The van der Waals surface area contributed by atoms with Crippen molar-refractivity contribution in [3.8, 4) is 6.07 Å². The SMILES string of the molecule is C[C](CO)c1cccc(C)c1C#N. The van der Waals surface area contributed by atoms with Crippen molar-refractivity contribution in [1.82, 2.24) is 0 Å². The smallest absolute Gasteiger partial charge is 0.0997 e. The molecule has 0 saturated heterocycles. The zero-order valence-electron chi connectivity index (χ0n) is 7.83. The van der Waals surface area contributed by atoms with Crippen LogP contribution in [0.2, 0.25) is 0 Å². The Hall–Kier alpha value is -1.33. The number of hydrogen-bond donors (Lipinski definition) is 1. The molecular formula is C11H12NO. The van der Waals surface area contributed by atoms with Gasteiger partial charge in [-0.2, -0.15) is 5.26 Å². The van der Waals surface area contributed by atoms with Crippen LogP contribution >= 0.6 is 0 Å². The van der Waals surface area contributed by atoms with Gasteiger partial charge >= 0.3 is 0 Å². The minimum atomic E-state index is -0.00185. The topological polar surface area (TPSA) is 44.0 Å². The van der Waals surface area contributed by atoms with Crippen LogP contribution in [0.4, 0.5) is 0 Å². The molecule has 1 N–H and O–H groups in total. The Kier molecular flexibility index (Phi) is 3.05. The number of nitrogens with zero attached hydrogens (tertiary/aromatic N) is 1. The molecule has 0 amide bonds. The van der Waals surface area contributed by atoms with Gasteiger partial charge in [0.05, 0.1) is 18.2 Å². The Morgan fingerprint density at radius 2 is 2.23 bits per heavy atom. The van der Waals surface area contributed by atoms with E-state index in [1.165, 1.54) is 0 Å². The summed E-state index contributed by atoms with van der Waals surface area (Å²) in [6, 6.07) is 7.79. The number of rotatable bonds is 2. The van der Waals surface area contributed by atoms with Crippen LogP contribution in [-0.2, 0) is 0 Å². The van der Waals surface area contributed by atoms with Crippen molar-refractivity contribution >= 4 is 0 Å². The van der Waals surface area contributed by atoms with Gasteiger partial charge in [-0.3, -0.25) is 0 Å². The number of benzene rings is 1. The molecule has 1 aromatic rings. The van der Waals surface area contributed by atoms with Crippen LogP contribution in [0.1, 0.15) is 23.6 Å². The van der Waals surface area contributed by atoms with Gasteiger partial charge < -0.3 is 5.11 Å². The first-order valence-corrected chi connectivity index (χ1v) is 4.14. The molecule has 0 aliphatic rings. The van der Waals surface area contributed by atoms with Crippen molar-refractivity contribution in [1.29, 1.82) is 5.26 Å². The molecule has 2 heteroatoms. The Morgan fingerprint density at radius 1 is 1.54 bits per heavy atom. The van der Waals surface area contributed by atoms with Gasteiger partial charge in [0.25, 0.3) is 0 Å². The van der Waals surface area contributed by atoms with Crippen LogP contribution in [0.25, 0.3) is 0 Å². The molecule has 67 valence electrons. The number of aliphatic hydroxyl groups excluding tert-OH is 1. The maximum atomic E-state index is 8.95. The fourth-order valence-electron chi connectivity index (χ4n) is 1.26. The van der Waals surface area contributed by atoms with Gasteiger partial charge in [0.2, 0.25) is 0 Å². The summed E-state index contributed by atoms with van der Waals surface area (Å²) in [5, 5.41) is 17.9. The molecule has 0 aromatic heterocycles. The molecule has 0 saturated carbocycles. The van der Waals surface area contributed by atoms with Crippen LogP contribution in [0.15, 0.2) is 18.2 Å². The molecule has 0 heterocycles. The maximum Gasteiger partial charge on any atom is 0.0997 e. The largest absolute Gasteiger partial charge is 0.395 e. The summed E-state index contributed by atoms with van der Waals surface area (Å²) in [7, 11) is 0. The quantitative estimate of drug-likeness (QED) is 0.743. The second kappa shape index (κ2) is 4.06. The van der Waals surface area contributed by atoms with Crippen LogP contribution in [0.5, 0.6) is 0 Å². The summed E-state index contributed by atoms with van der Waals surface area (Å²) in [4.78, 5) is 0. The van der Waals surface area contributed by atoms with Crippen molar-refractivity contribution in [3.05, 3.63) is 40.8 Å². The Morgan fingerprint density at radius 3 is 2.77 bits per heavy atom. The molecule has 0 aliphatic heterocycles. The third-order valence-electron chi connectivity index (χ3n) is 2.08. The van der Waals surface area contributed by atoms with Crippen molar-refractivity contribution in [3.63, 3.8) is 0 Å². The minimum Gasteiger partial charge on any atom is -0.395 e. The Labute approximate surface area is 78.4 Å². The molecule has 1 radical (unpaired) electrons. The lowest BCUT2D eigenvalue weighted by atomic mass is 9.94. The van der Waals surface area contributed by atoms with Crippen molar-refractivity contribution in [2.75, 3.05) is 6.61 Å². The summed E-state index contributed by atoms with van der Waals surface area (Å²) in [5.74, 6) is 0.834. The predicted octanol–water partition coefficient (Wildman–Crippen LogP) is 1.80. The van der Waals surface area contributed by atoms with E-state index in [9.17, 15) is 0 Å². The molecule has 2 nitrogen and oxygen atoms in total. The molecule has 0 unspecified atom stereocenters. The molecule has 0 spiro atoms. The minimum absolute atomic E-state index is 0.00185. The lowest BCUT2D eigenvalue weighted by Gasteiger charge is -2.10. The van der Waals surface area contributed by atoms with Gasteiger partial charge in [-0.1, -0.05) is 25.1 Å². The molecule has 0 atom stereocenters. The van der Waals surface area contributed by atoms with Gasteiger partial charge in [-0.05, 0) is 18.1 Å². The highest BCUT2D eigenvalue weighted by Crippen LogP contribution is 2.20. The zero-order valence-corrected chi connectivity index (χ0v) is 7.83. The lowest BCUT2D eigenvalue weighted by Crippen LogP contribution is -2.03. The van der Waals surface area contributed by atoms with Gasteiger partial charge in [0.1, 0.15) is 0 Å². The zero-order chi connectivity index (χ0) is 9.84. The lowest BCUT2D eigenvalue weighted by molar-refractivity contribution is 0.315. The number of aryl methyl sites for hydroxylation is 1. The van der Waals surface area contributed by atoms with Gasteiger partial charge in [-0.25, -0.2) is 0 Å². The monoisotopic (exact) mass is 174 g/mol. The Bertz CT molecular complexity index is 338. The summed E-state index contributed by atoms with van der Waals surface area (Å²) in [6.45, 7) is 3.72. The number of hydrogen-bond acceptors (Lipinski definition) is 2. The molecule has 1 rings (SSSR count). The van der Waals surface area contributed by atoms with E-state index in [2.05, 4.69) is 6.07 Å². The standard InChI is InChI=1S/C11H12NO/c1-8-4-3-5-10(9(2)7-13)11(8)6-12/h3-5,13H,7H2,1-2H3. The molecular weight excluding hydrogens is 162 g/mol. The van der Waals surface area contributed by atoms with Crippen LogP contribution in [0, 0.1) is 24.2 Å². The molecule has 13 heavy (non-hydrogen) atoms. The van der Waals surface area contributed by atoms with E-state index in [-0.39, 0.29) is 6.61 Å². The van der Waals surface area contributed by atoms with Crippen molar-refractivity contribution < 1.29 is 5.11 Å². The van der Waals surface area contributed by atoms with Gasteiger partial charge in [0, 0.05) is 5.92 Å². The second-order valence-corrected chi connectivity index (χ2v) is 3.05. The highest BCUT2D eigenvalue weighted by atomic mass is 16.3. The van der Waals surface area contributed by atoms with E-state index in [0.29, 0.717) is 5.56 Å². The molecule has 0 bridgehead atoms. The van der Waals surface area contributed by atoms with Crippen LogP contribution in [-0.4, -0.2) is 11.7 Å². The Balaban J connectivity index is 3.22. The van der Waals surface area contributed by atoms with E-state index >= 15 is 0 Å². The van der Waals surface area contributed by atoms with E-state index < -0.39 is 0 Å². The fourth-order valence-corrected chi connectivity index (χ4v) is 1.26. The highest BCUT2D eigenvalue weighted by molar-refractivity contribution is 5.49. The molecule has 0 aliphatic carbocycles. The van der Waals surface area contributed by atoms with Crippen LogP contribution in [0.3, 0.4) is 0 Å². The van der Waals surface area contributed by atoms with E-state index in [4.69, 9.17) is 10.4 Å². The molecule has 0 fully saturated rings. The van der Waals surface area contributed by atoms with E-state index in [1.54, 1.807) is 0 Å². The summed E-state index contributed by atoms with van der Waals surface area (Å²) < 4.78 is 0. The van der Waals surface area contributed by atoms with Gasteiger partial charge in [0.15, 0.2) is 0 Å². The van der Waals surface area contributed by atoms with Crippen molar-refractivity contribution in [2.24, 2.45) is 0 Å². The highest BCUT2D eigenvalue weighted by Gasteiger charge is 2.11. The second-order valence-electron chi connectivity index (χ2n) is 3.05. The summed E-state index contributed by atoms with van der Waals surface area (Å²) in [5.41, 5.74) is 2.46. The first-order chi connectivity index (χ1) is 6.20. The van der Waals surface area contributed by atoms with Gasteiger partial charge in [-0.15, -0.1) is 0 Å². The van der Waals surface area contributed by atoms with Crippen LogP contribution < -0.4 is 0 Å². The third-order valence-corrected chi connectivity index (χ3v) is 2.08. The normalized spacial score (nSPS) is 10.1. The number of aliphatic hydroxyl groups is 1. The predicted molar refractivity (Wildman–Crippen MR) is 51.0 cm³/mol. The first kappa shape index (κ1) is 9.76. The summed E-state index contributed by atoms with van der Waals surface area (Å²) >= 11 is 0. The molecule has 1 aromatic carbocycles. The number of nitriles is 1. The van der Waals surface area contributed by atoms with Crippen molar-refractivity contribution in [2.45, 2.75) is 13.8 Å². The average molecular weight is 174 g/mol. The fraction of sp³-hybridized carbons (Fsp3) is 0.273. The first-order valence-electron chi connectivity index (χ1n) is 4.14. The average Bonchev–Trinajstić information content (AvgIpc) is 2.16.